The monoisotopic (exact) mass is 928 g/mol. The second-order valence-corrected chi connectivity index (χ2v) is 16.4. The molecular formula is C40H60N14O12. The van der Waals surface area contributed by atoms with Crippen molar-refractivity contribution in [2.24, 2.45) is 0 Å². The fourth-order valence-corrected chi connectivity index (χ4v) is 7.77. The Bertz CT molecular complexity index is 1860. The van der Waals surface area contributed by atoms with E-state index in [1.807, 2.05) is 34.1 Å². The highest BCUT2D eigenvalue weighted by Crippen LogP contribution is 2.15. The number of carbonyl (C=O) groups is 6. The highest BCUT2D eigenvalue weighted by Gasteiger charge is 2.24. The van der Waals surface area contributed by atoms with Crippen molar-refractivity contribution in [3.63, 3.8) is 0 Å². The molecule has 66 heavy (non-hydrogen) atoms. The number of benzene rings is 1. The first-order valence-electron chi connectivity index (χ1n) is 21.6. The van der Waals surface area contributed by atoms with Crippen molar-refractivity contribution in [1.82, 2.24) is 59.4 Å². The highest BCUT2D eigenvalue weighted by molar-refractivity contribution is 5.71. The predicted molar refractivity (Wildman–Crippen MR) is 234 cm³/mol. The molecule has 3 aromatic rings. The number of carboxylic acids is 6. The lowest BCUT2D eigenvalue weighted by atomic mass is 10.1. The summed E-state index contributed by atoms with van der Waals surface area (Å²) in [5.41, 5.74) is 1.85. The van der Waals surface area contributed by atoms with Crippen molar-refractivity contribution in [2.45, 2.75) is 13.1 Å². The van der Waals surface area contributed by atoms with Crippen molar-refractivity contribution in [3.8, 4) is 0 Å². The Morgan fingerprint density at radius 2 is 0.576 bits per heavy atom. The van der Waals surface area contributed by atoms with Crippen molar-refractivity contribution in [1.29, 1.82) is 0 Å². The molecule has 0 spiro atoms. The van der Waals surface area contributed by atoms with Crippen LogP contribution in [0.5, 0.6) is 0 Å². The largest absolute Gasteiger partial charge is 0.480 e. The second kappa shape index (κ2) is 25.4. The van der Waals surface area contributed by atoms with Crippen LogP contribution in [-0.2, 0) is 41.9 Å². The van der Waals surface area contributed by atoms with Gasteiger partial charge in [-0.15, -0.1) is 10.2 Å². The summed E-state index contributed by atoms with van der Waals surface area (Å²) in [5.74, 6) is -5.02. The van der Waals surface area contributed by atoms with E-state index >= 15 is 0 Å². The van der Waals surface area contributed by atoms with Gasteiger partial charge in [-0.1, -0.05) is 34.7 Å². The minimum atomic E-state index is -1.03. The van der Waals surface area contributed by atoms with Crippen LogP contribution in [0.2, 0.25) is 0 Å². The molecule has 0 bridgehead atoms. The Hall–Kier alpha value is -6.32. The molecule has 4 heterocycles. The molecule has 6 N–H and O–H groups in total. The molecule has 0 atom stereocenters. The molecule has 362 valence electrons. The highest BCUT2D eigenvalue weighted by atomic mass is 16.4. The minimum absolute atomic E-state index is 0.234. The van der Waals surface area contributed by atoms with E-state index in [9.17, 15) is 59.4 Å². The van der Waals surface area contributed by atoms with Crippen LogP contribution >= 0.6 is 0 Å². The summed E-state index contributed by atoms with van der Waals surface area (Å²) < 4.78 is 3.35. The Kier molecular flexibility index (Phi) is 19.5. The Labute approximate surface area is 380 Å². The van der Waals surface area contributed by atoms with E-state index in [2.05, 4.69) is 20.6 Å². The fraction of sp³-hybridized carbons (Fsp3) is 0.600. The Morgan fingerprint density at radius 1 is 0.364 bits per heavy atom. The number of aromatic nitrogens is 6. The van der Waals surface area contributed by atoms with Crippen LogP contribution in [0.4, 0.5) is 11.6 Å². The second-order valence-electron chi connectivity index (χ2n) is 16.4. The zero-order valence-electron chi connectivity index (χ0n) is 36.8. The molecule has 26 nitrogen and oxygen atoms in total. The molecule has 1 aromatic carbocycles. The van der Waals surface area contributed by atoms with Crippen molar-refractivity contribution in [3.05, 3.63) is 47.8 Å². The molecule has 2 fully saturated rings. The van der Waals surface area contributed by atoms with Gasteiger partial charge >= 0.3 is 35.8 Å². The van der Waals surface area contributed by atoms with Gasteiger partial charge in [0.15, 0.2) is 11.6 Å². The van der Waals surface area contributed by atoms with Gasteiger partial charge in [0, 0.05) is 105 Å². The maximum atomic E-state index is 11.7. The number of carboxylic acid groups (broad SMARTS) is 6. The van der Waals surface area contributed by atoms with Crippen LogP contribution in [0.1, 0.15) is 11.1 Å². The van der Waals surface area contributed by atoms with Gasteiger partial charge in [-0.3, -0.25) is 58.2 Å². The van der Waals surface area contributed by atoms with Gasteiger partial charge in [-0.25, -0.2) is 9.36 Å². The normalized spacial score (nSPS) is 18.1. The zero-order chi connectivity index (χ0) is 47.6. The van der Waals surface area contributed by atoms with Crippen molar-refractivity contribution in [2.75, 3.05) is 154 Å². The average Bonchev–Trinajstić information content (AvgIpc) is 3.90. The third kappa shape index (κ3) is 17.9. The first-order valence-corrected chi connectivity index (χ1v) is 21.6. The van der Waals surface area contributed by atoms with Crippen LogP contribution in [0, 0.1) is 0 Å². The lowest BCUT2D eigenvalue weighted by Crippen LogP contribution is -2.48. The smallest absolute Gasteiger partial charge is 0.317 e. The molecule has 0 radical (unpaired) electrons. The standard InChI is InChI=1S/C40H60N14O12/c55-35(56)25-45-5-9-47(27-37(59)60)13-17-51(18-14-48(10-6-45)28-38(61)62)33-23-53(43-41-33)21-31-1-2-32(4-3-31)22-54-24-34(42-44-54)52-19-15-49(29-39(63)64)11-7-46(26-36(57)58)8-12-50(16-20-52)30-40(65)66/h1-4,23-24H,5-22,25-30H2,(H,55,56)(H,57,58)(H,59,60)(H,61,62)(H,63,64)(H,65,66). The molecular weight excluding hydrogens is 869 g/mol. The molecule has 2 aliphatic heterocycles. The topological polar surface area (TPSA) is 311 Å². The summed E-state index contributed by atoms with van der Waals surface area (Å²) in [7, 11) is 0. The summed E-state index contributed by atoms with van der Waals surface area (Å²) >= 11 is 0. The summed E-state index contributed by atoms with van der Waals surface area (Å²) in [6, 6.07) is 7.81. The summed E-state index contributed by atoms with van der Waals surface area (Å²) in [5, 5.41) is 74.6. The summed E-state index contributed by atoms with van der Waals surface area (Å²) in [6.07, 6.45) is 3.56. The Balaban J connectivity index is 1.23. The van der Waals surface area contributed by atoms with Gasteiger partial charge in [-0.2, -0.15) is 0 Å². The number of aliphatic carboxylic acids is 6. The van der Waals surface area contributed by atoms with Crippen LogP contribution in [0.15, 0.2) is 36.7 Å². The third-order valence-electron chi connectivity index (χ3n) is 11.2. The molecule has 2 saturated heterocycles. The molecule has 0 unspecified atom stereocenters. The van der Waals surface area contributed by atoms with E-state index in [1.54, 1.807) is 51.2 Å². The molecule has 5 rings (SSSR count). The minimum Gasteiger partial charge on any atom is -0.480 e. The molecule has 0 aliphatic carbocycles. The summed E-state index contributed by atoms with van der Waals surface area (Å²) in [4.78, 5) is 84.0. The maximum absolute atomic E-state index is 11.7. The molecule has 0 saturated carbocycles. The van der Waals surface area contributed by atoms with Crippen LogP contribution < -0.4 is 9.80 Å². The molecule has 2 aromatic heterocycles. The maximum Gasteiger partial charge on any atom is 0.317 e. The van der Waals surface area contributed by atoms with E-state index < -0.39 is 35.8 Å². The predicted octanol–water partition coefficient (Wildman–Crippen LogP) is -3.07. The first-order chi connectivity index (χ1) is 31.6. The molecule has 26 heteroatoms. The van der Waals surface area contributed by atoms with Gasteiger partial charge in [0.2, 0.25) is 0 Å². The number of hydrogen-bond acceptors (Lipinski definition) is 18. The third-order valence-corrected chi connectivity index (χ3v) is 11.2. The number of nitrogens with zero attached hydrogens (tertiary/aromatic N) is 14. The van der Waals surface area contributed by atoms with E-state index in [4.69, 9.17) is 0 Å². The lowest BCUT2D eigenvalue weighted by Gasteiger charge is -2.33. The van der Waals surface area contributed by atoms with Gasteiger partial charge in [0.25, 0.3) is 0 Å². The van der Waals surface area contributed by atoms with E-state index in [1.165, 1.54) is 0 Å². The van der Waals surface area contributed by atoms with Crippen LogP contribution in [0.3, 0.4) is 0 Å². The van der Waals surface area contributed by atoms with Crippen LogP contribution in [0.25, 0.3) is 0 Å². The van der Waals surface area contributed by atoms with Crippen LogP contribution in [-0.4, -0.2) is 270 Å². The van der Waals surface area contributed by atoms with Gasteiger partial charge in [0.1, 0.15) is 0 Å². The first kappa shape index (κ1) is 50.7. The van der Waals surface area contributed by atoms with E-state index in [0.717, 1.165) is 11.1 Å². The van der Waals surface area contributed by atoms with E-state index in [0.29, 0.717) is 129 Å². The van der Waals surface area contributed by atoms with Crippen molar-refractivity contribution < 1.29 is 59.4 Å². The Morgan fingerprint density at radius 3 is 0.788 bits per heavy atom. The molecule has 2 aliphatic rings. The van der Waals surface area contributed by atoms with Gasteiger partial charge in [0.05, 0.1) is 64.8 Å². The lowest BCUT2D eigenvalue weighted by molar-refractivity contribution is -0.140. The SMILES string of the molecule is O=C(O)CN1CCN(CC(=O)O)CCN(c2cn(Cc3ccc(Cn4cc(N5CCN(CC(=O)O)CCN(CC(=O)O)CCN(CC(=O)O)CC5)nn4)cc3)nn2)CCN(CC(=O)O)CC1. The van der Waals surface area contributed by atoms with E-state index in [-0.39, 0.29) is 39.3 Å². The fourth-order valence-electron chi connectivity index (χ4n) is 7.77. The number of hydrogen-bond donors (Lipinski definition) is 6. The number of rotatable bonds is 18. The molecule has 0 amide bonds. The quantitative estimate of drug-likeness (QED) is 0.0737. The zero-order valence-corrected chi connectivity index (χ0v) is 36.8. The van der Waals surface area contributed by atoms with Gasteiger partial charge in [-0.05, 0) is 11.1 Å². The number of anilines is 2. The van der Waals surface area contributed by atoms with Crippen molar-refractivity contribution >= 4 is 47.5 Å². The summed E-state index contributed by atoms with van der Waals surface area (Å²) in [6.45, 7) is 4.49. The van der Waals surface area contributed by atoms with Gasteiger partial charge < -0.3 is 40.4 Å². The average molecular weight is 929 g/mol.